The minimum absolute atomic E-state index is 0.0462. The Hall–Kier alpha value is -2.97. The molecule has 2 aromatic heterocycles. The van der Waals surface area contributed by atoms with E-state index < -0.39 is 5.60 Å². The van der Waals surface area contributed by atoms with E-state index in [1.807, 2.05) is 40.8 Å². The largest absolute Gasteiger partial charge is 0.444 e. The second kappa shape index (κ2) is 7.07. The number of hydrogen-bond donors (Lipinski definition) is 1. The molecule has 4 rings (SSSR count). The molecular formula is C21H28N6O3. The van der Waals surface area contributed by atoms with Crippen LogP contribution in [0.15, 0.2) is 18.3 Å². The zero-order valence-corrected chi connectivity index (χ0v) is 18.1. The van der Waals surface area contributed by atoms with Gasteiger partial charge in [-0.15, -0.1) is 10.2 Å². The number of likely N-dealkylation sites (tertiary alicyclic amines) is 1. The predicted octanol–water partition coefficient (Wildman–Crippen LogP) is 2.77. The monoisotopic (exact) mass is 412 g/mol. The van der Waals surface area contributed by atoms with Crippen LogP contribution < -0.4 is 5.32 Å². The number of rotatable bonds is 3. The molecule has 0 aromatic carbocycles. The number of carbonyl (C=O) groups is 2. The number of carbonyl (C=O) groups excluding carboxylic acids is 2. The van der Waals surface area contributed by atoms with Gasteiger partial charge in [-0.25, -0.2) is 4.79 Å². The Bertz CT molecular complexity index is 942. The minimum atomic E-state index is -0.492. The first-order chi connectivity index (χ1) is 14.1. The molecule has 2 fully saturated rings. The zero-order chi connectivity index (χ0) is 21.7. The Morgan fingerprint density at radius 3 is 2.43 bits per heavy atom. The summed E-state index contributed by atoms with van der Waals surface area (Å²) < 4.78 is 7.15. The maximum absolute atomic E-state index is 12.5. The van der Waals surface area contributed by atoms with Gasteiger partial charge >= 0.3 is 6.09 Å². The number of nitrogens with zero attached hydrogens (tertiary/aromatic N) is 5. The highest BCUT2D eigenvalue weighted by atomic mass is 16.6. The standard InChI is InChI=1S/C21H28N6O3/c1-13-10-22-26(5)17(13)15-6-7-16(25-24-15)23-18(28)14-8-21(9-14)11-27(12-21)19(29)30-20(2,3)4/h6-7,10,14H,8-9,11-12H2,1-5H3,(H,23,25,28). The molecule has 9 nitrogen and oxygen atoms in total. The van der Waals surface area contributed by atoms with E-state index in [1.165, 1.54) is 0 Å². The number of aryl methyl sites for hydroxylation is 2. The summed E-state index contributed by atoms with van der Waals surface area (Å²) in [5.74, 6) is 0.329. The highest BCUT2D eigenvalue weighted by molar-refractivity contribution is 5.92. The fourth-order valence-corrected chi connectivity index (χ4v) is 4.32. The van der Waals surface area contributed by atoms with Crippen molar-refractivity contribution in [2.24, 2.45) is 18.4 Å². The number of anilines is 1. The van der Waals surface area contributed by atoms with Gasteiger partial charge in [0.1, 0.15) is 11.3 Å². The van der Waals surface area contributed by atoms with E-state index in [1.54, 1.807) is 21.8 Å². The molecule has 0 atom stereocenters. The summed E-state index contributed by atoms with van der Waals surface area (Å²) in [6, 6.07) is 3.59. The molecule has 1 saturated heterocycles. The third kappa shape index (κ3) is 3.88. The molecular weight excluding hydrogens is 384 g/mol. The molecule has 1 aliphatic carbocycles. The molecule has 2 aliphatic rings. The van der Waals surface area contributed by atoms with Crippen molar-refractivity contribution in [1.82, 2.24) is 24.9 Å². The molecule has 1 spiro atoms. The van der Waals surface area contributed by atoms with Crippen LogP contribution in [0.1, 0.15) is 39.2 Å². The molecule has 3 heterocycles. The Morgan fingerprint density at radius 1 is 1.20 bits per heavy atom. The van der Waals surface area contributed by atoms with Gasteiger partial charge in [-0.3, -0.25) is 9.48 Å². The van der Waals surface area contributed by atoms with Gasteiger partial charge in [0.15, 0.2) is 5.82 Å². The summed E-state index contributed by atoms with van der Waals surface area (Å²) in [7, 11) is 1.86. The zero-order valence-electron chi connectivity index (χ0n) is 18.1. The predicted molar refractivity (Wildman–Crippen MR) is 111 cm³/mol. The first-order valence-electron chi connectivity index (χ1n) is 10.2. The van der Waals surface area contributed by atoms with Crippen LogP contribution in [0.3, 0.4) is 0 Å². The molecule has 160 valence electrons. The van der Waals surface area contributed by atoms with Crippen molar-refractivity contribution in [1.29, 1.82) is 0 Å². The normalized spacial score (nSPS) is 18.0. The van der Waals surface area contributed by atoms with E-state index in [2.05, 4.69) is 20.6 Å². The Labute approximate surface area is 175 Å². The fourth-order valence-electron chi connectivity index (χ4n) is 4.32. The molecule has 1 saturated carbocycles. The third-order valence-corrected chi connectivity index (χ3v) is 5.71. The van der Waals surface area contributed by atoms with Gasteiger partial charge in [0, 0.05) is 31.5 Å². The van der Waals surface area contributed by atoms with E-state index in [4.69, 9.17) is 4.74 Å². The Balaban J connectivity index is 1.27. The lowest BCUT2D eigenvalue weighted by molar-refractivity contribution is -0.137. The van der Waals surface area contributed by atoms with Crippen LogP contribution in [0, 0.1) is 18.3 Å². The number of aromatic nitrogens is 4. The lowest BCUT2D eigenvalue weighted by Crippen LogP contribution is -2.65. The fraction of sp³-hybridized carbons (Fsp3) is 0.571. The van der Waals surface area contributed by atoms with Gasteiger partial charge in [-0.1, -0.05) is 0 Å². The van der Waals surface area contributed by atoms with Gasteiger partial charge in [-0.05, 0) is 58.2 Å². The van der Waals surface area contributed by atoms with Gasteiger partial charge in [0.2, 0.25) is 5.91 Å². The SMILES string of the molecule is Cc1cnn(C)c1-c1ccc(NC(=O)C2CC3(C2)CN(C(=O)OC(C)(C)C)C3)nn1. The lowest BCUT2D eigenvalue weighted by atomic mass is 9.57. The van der Waals surface area contributed by atoms with Crippen molar-refractivity contribution in [2.45, 2.75) is 46.1 Å². The highest BCUT2D eigenvalue weighted by Crippen LogP contribution is 2.52. The highest BCUT2D eigenvalue weighted by Gasteiger charge is 2.56. The number of hydrogen-bond acceptors (Lipinski definition) is 6. The van der Waals surface area contributed by atoms with Crippen molar-refractivity contribution in [3.63, 3.8) is 0 Å². The molecule has 9 heteroatoms. The molecule has 1 N–H and O–H groups in total. The van der Waals surface area contributed by atoms with Crippen molar-refractivity contribution >= 4 is 17.8 Å². The van der Waals surface area contributed by atoms with Crippen LogP contribution >= 0.6 is 0 Å². The molecule has 0 unspecified atom stereocenters. The van der Waals surface area contributed by atoms with E-state index in [-0.39, 0.29) is 23.3 Å². The molecule has 2 amide bonds. The minimum Gasteiger partial charge on any atom is -0.444 e. The first kappa shape index (κ1) is 20.3. The van der Waals surface area contributed by atoms with E-state index >= 15 is 0 Å². The molecule has 0 radical (unpaired) electrons. The van der Waals surface area contributed by atoms with E-state index in [0.29, 0.717) is 24.6 Å². The summed E-state index contributed by atoms with van der Waals surface area (Å²) in [5.41, 5.74) is 2.20. The molecule has 1 aliphatic heterocycles. The van der Waals surface area contributed by atoms with Gasteiger partial charge in [-0.2, -0.15) is 5.10 Å². The van der Waals surface area contributed by atoms with Crippen LogP contribution in [-0.2, 0) is 16.6 Å². The van der Waals surface area contributed by atoms with Crippen LogP contribution in [0.4, 0.5) is 10.6 Å². The maximum atomic E-state index is 12.5. The number of amides is 2. The molecule has 2 aromatic rings. The molecule has 0 bridgehead atoms. The van der Waals surface area contributed by atoms with E-state index in [0.717, 1.165) is 24.1 Å². The van der Waals surface area contributed by atoms with Crippen LogP contribution in [0.25, 0.3) is 11.4 Å². The van der Waals surface area contributed by atoms with Crippen molar-refractivity contribution in [2.75, 3.05) is 18.4 Å². The quantitative estimate of drug-likeness (QED) is 0.832. The second-order valence-electron chi connectivity index (χ2n) is 9.53. The number of ether oxygens (including phenoxy) is 1. The molecule has 30 heavy (non-hydrogen) atoms. The average molecular weight is 412 g/mol. The van der Waals surface area contributed by atoms with Crippen molar-refractivity contribution < 1.29 is 14.3 Å². The van der Waals surface area contributed by atoms with Crippen molar-refractivity contribution in [3.8, 4) is 11.4 Å². The topological polar surface area (TPSA) is 102 Å². The Morgan fingerprint density at radius 2 is 1.90 bits per heavy atom. The van der Waals surface area contributed by atoms with Crippen molar-refractivity contribution in [3.05, 3.63) is 23.9 Å². The summed E-state index contributed by atoms with van der Waals surface area (Å²) in [6.07, 6.45) is 3.05. The van der Waals surface area contributed by atoms with Crippen LogP contribution in [0.5, 0.6) is 0 Å². The maximum Gasteiger partial charge on any atom is 0.410 e. The summed E-state index contributed by atoms with van der Waals surface area (Å²) in [6.45, 7) is 8.86. The van der Waals surface area contributed by atoms with E-state index in [9.17, 15) is 9.59 Å². The van der Waals surface area contributed by atoms with Crippen LogP contribution in [0.2, 0.25) is 0 Å². The Kier molecular flexibility index (Phi) is 4.79. The van der Waals surface area contributed by atoms with Crippen LogP contribution in [-0.4, -0.2) is 55.6 Å². The summed E-state index contributed by atoms with van der Waals surface area (Å²) in [4.78, 5) is 26.3. The summed E-state index contributed by atoms with van der Waals surface area (Å²) >= 11 is 0. The van der Waals surface area contributed by atoms with Gasteiger partial charge in [0.25, 0.3) is 0 Å². The van der Waals surface area contributed by atoms with Gasteiger partial charge < -0.3 is 15.0 Å². The number of nitrogens with one attached hydrogen (secondary N) is 1. The lowest BCUT2D eigenvalue weighted by Gasteiger charge is -2.58. The third-order valence-electron chi connectivity index (χ3n) is 5.71. The smallest absolute Gasteiger partial charge is 0.410 e. The summed E-state index contributed by atoms with van der Waals surface area (Å²) in [5, 5.41) is 15.4. The first-order valence-corrected chi connectivity index (χ1v) is 10.2. The average Bonchev–Trinajstić information content (AvgIpc) is 2.90. The van der Waals surface area contributed by atoms with Gasteiger partial charge in [0.05, 0.1) is 11.9 Å². The second-order valence-corrected chi connectivity index (χ2v) is 9.53.